The van der Waals surface area contributed by atoms with Gasteiger partial charge in [0, 0.05) is 20.3 Å². The van der Waals surface area contributed by atoms with Gasteiger partial charge in [-0.1, -0.05) is 0 Å². The van der Waals surface area contributed by atoms with Crippen molar-refractivity contribution in [3.05, 3.63) is 12.7 Å². The van der Waals surface area contributed by atoms with E-state index in [1.807, 2.05) is 6.92 Å². The zero-order valence-corrected chi connectivity index (χ0v) is 16.4. The summed E-state index contributed by atoms with van der Waals surface area (Å²) in [5, 5.41) is 0. The Morgan fingerprint density at radius 2 is 2.15 bits per heavy atom. The van der Waals surface area contributed by atoms with Crippen molar-refractivity contribution < 1.29 is 28.2 Å². The minimum atomic E-state index is -3.87. The number of nitrogens with zero attached hydrogens (tertiary/aromatic N) is 4. The Morgan fingerprint density at radius 1 is 1.33 bits per heavy atom. The Balaban J connectivity index is 1.98. The summed E-state index contributed by atoms with van der Waals surface area (Å²) in [4.78, 5) is 22.2. The summed E-state index contributed by atoms with van der Waals surface area (Å²) in [6, 6.07) is 0. The zero-order chi connectivity index (χ0) is 19.7. The number of rotatable bonds is 13. The van der Waals surface area contributed by atoms with Gasteiger partial charge in [0.05, 0.1) is 32.2 Å². The van der Waals surface area contributed by atoms with Crippen LogP contribution in [0.25, 0.3) is 11.2 Å². The standard InChI is InChI=1S/C15H26N5O6P/c1-3-24-8-12(25-11-27(21,22)26-6-4-5-23-2)7-20-10-19-13-14(16)17-9-18-15(13)20/h9-10,12H,3-8,11H2,1-2H3,(H,21,22)(H2,16,17,18)/t12-/m0/s1. The van der Waals surface area contributed by atoms with Gasteiger partial charge in [0.2, 0.25) is 0 Å². The molecular weight excluding hydrogens is 377 g/mol. The number of nitrogen functional groups attached to an aromatic ring is 1. The molecule has 0 saturated heterocycles. The predicted octanol–water partition coefficient (Wildman–Crippen LogP) is 1.03. The van der Waals surface area contributed by atoms with Gasteiger partial charge < -0.3 is 33.9 Å². The highest BCUT2D eigenvalue weighted by molar-refractivity contribution is 7.52. The van der Waals surface area contributed by atoms with E-state index in [9.17, 15) is 9.46 Å². The van der Waals surface area contributed by atoms with Crippen LogP contribution >= 0.6 is 7.60 Å². The molecular formula is C15H26N5O6P. The third-order valence-electron chi connectivity index (χ3n) is 3.60. The Labute approximate surface area is 157 Å². The van der Waals surface area contributed by atoms with Crippen LogP contribution < -0.4 is 5.73 Å². The van der Waals surface area contributed by atoms with Crippen molar-refractivity contribution in [2.75, 3.05) is 45.6 Å². The van der Waals surface area contributed by atoms with Crippen LogP contribution in [0.15, 0.2) is 12.7 Å². The van der Waals surface area contributed by atoms with Crippen LogP contribution in [0, 0.1) is 0 Å². The van der Waals surface area contributed by atoms with Crippen LogP contribution in [0.2, 0.25) is 0 Å². The molecule has 0 spiro atoms. The van der Waals surface area contributed by atoms with Gasteiger partial charge in [-0.15, -0.1) is 0 Å². The first-order chi connectivity index (χ1) is 13.0. The molecule has 0 aliphatic heterocycles. The summed E-state index contributed by atoms with van der Waals surface area (Å²) in [5.41, 5.74) is 6.83. The highest BCUT2D eigenvalue weighted by Gasteiger charge is 2.23. The van der Waals surface area contributed by atoms with Gasteiger partial charge in [0.25, 0.3) is 0 Å². The van der Waals surface area contributed by atoms with Crippen LogP contribution in [-0.2, 0) is 29.8 Å². The normalized spacial score (nSPS) is 15.1. The fourth-order valence-corrected chi connectivity index (χ4v) is 3.19. The first kappa shape index (κ1) is 21.7. The molecule has 2 atom stereocenters. The van der Waals surface area contributed by atoms with Crippen molar-refractivity contribution in [2.24, 2.45) is 0 Å². The molecule has 11 nitrogen and oxygen atoms in total. The third-order valence-corrected chi connectivity index (χ3v) is 4.66. The van der Waals surface area contributed by atoms with Crippen molar-refractivity contribution in [1.29, 1.82) is 0 Å². The lowest BCUT2D eigenvalue weighted by Crippen LogP contribution is -2.26. The van der Waals surface area contributed by atoms with Crippen molar-refractivity contribution in [3.63, 3.8) is 0 Å². The lowest BCUT2D eigenvalue weighted by molar-refractivity contribution is -0.00976. The molecule has 0 bridgehead atoms. The van der Waals surface area contributed by atoms with E-state index in [1.54, 1.807) is 18.0 Å². The molecule has 2 aromatic heterocycles. The summed E-state index contributed by atoms with van der Waals surface area (Å²) >= 11 is 0. The van der Waals surface area contributed by atoms with Crippen LogP contribution in [0.3, 0.4) is 0 Å². The number of anilines is 1. The molecule has 2 aromatic rings. The van der Waals surface area contributed by atoms with E-state index in [0.29, 0.717) is 37.3 Å². The van der Waals surface area contributed by atoms with Crippen LogP contribution in [0.4, 0.5) is 5.82 Å². The Morgan fingerprint density at radius 3 is 2.89 bits per heavy atom. The molecule has 0 aliphatic carbocycles. The van der Waals surface area contributed by atoms with Crippen molar-refractivity contribution in [2.45, 2.75) is 26.0 Å². The third kappa shape index (κ3) is 6.80. The first-order valence-corrected chi connectivity index (χ1v) is 10.3. The van der Waals surface area contributed by atoms with Gasteiger partial charge in [-0.25, -0.2) is 15.0 Å². The second-order valence-electron chi connectivity index (χ2n) is 5.72. The molecule has 0 fully saturated rings. The van der Waals surface area contributed by atoms with Crippen LogP contribution in [0.5, 0.6) is 0 Å². The van der Waals surface area contributed by atoms with Gasteiger partial charge >= 0.3 is 7.60 Å². The predicted molar refractivity (Wildman–Crippen MR) is 98.2 cm³/mol. The number of fused-ring (bicyclic) bond motifs is 1. The van der Waals surface area contributed by atoms with Gasteiger partial charge in [-0.05, 0) is 13.3 Å². The lowest BCUT2D eigenvalue weighted by Gasteiger charge is -2.20. The van der Waals surface area contributed by atoms with Crippen molar-refractivity contribution >= 4 is 24.6 Å². The Kier molecular flexibility index (Phi) is 8.55. The largest absolute Gasteiger partial charge is 0.385 e. The van der Waals surface area contributed by atoms with Gasteiger partial charge in [-0.3, -0.25) is 4.57 Å². The average molecular weight is 403 g/mol. The lowest BCUT2D eigenvalue weighted by atomic mass is 10.3. The van der Waals surface area contributed by atoms with Gasteiger partial charge in [0.15, 0.2) is 11.5 Å². The van der Waals surface area contributed by atoms with E-state index < -0.39 is 20.0 Å². The summed E-state index contributed by atoms with van der Waals surface area (Å²) in [5.74, 6) is 0.283. The second-order valence-corrected chi connectivity index (χ2v) is 7.51. The number of ether oxygens (including phenoxy) is 3. The molecule has 0 saturated carbocycles. The average Bonchev–Trinajstić information content (AvgIpc) is 3.05. The molecule has 3 N–H and O–H groups in total. The number of hydrogen-bond acceptors (Lipinski definition) is 9. The number of imidazole rings is 1. The maximum Gasteiger partial charge on any atom is 0.353 e. The molecule has 2 rings (SSSR count). The topological polar surface area (TPSA) is 144 Å². The molecule has 152 valence electrons. The van der Waals surface area contributed by atoms with E-state index in [1.165, 1.54) is 6.33 Å². The molecule has 12 heteroatoms. The zero-order valence-electron chi connectivity index (χ0n) is 15.5. The summed E-state index contributed by atoms with van der Waals surface area (Å²) < 4.78 is 34.7. The smallest absolute Gasteiger partial charge is 0.353 e. The highest BCUT2D eigenvalue weighted by atomic mass is 31.2. The van der Waals surface area contributed by atoms with E-state index in [-0.39, 0.29) is 19.0 Å². The van der Waals surface area contributed by atoms with Gasteiger partial charge in [-0.2, -0.15) is 0 Å². The Hall–Kier alpha value is -1.62. The van der Waals surface area contributed by atoms with E-state index >= 15 is 0 Å². The van der Waals surface area contributed by atoms with Crippen LogP contribution in [-0.4, -0.2) is 70.4 Å². The monoisotopic (exact) mass is 403 g/mol. The fourth-order valence-electron chi connectivity index (χ4n) is 2.30. The number of methoxy groups -OCH3 is 1. The summed E-state index contributed by atoms with van der Waals surface area (Å²) in [6.07, 6.45) is 2.50. The number of hydrogen-bond donors (Lipinski definition) is 2. The van der Waals surface area contributed by atoms with E-state index in [4.69, 9.17) is 24.5 Å². The van der Waals surface area contributed by atoms with Crippen molar-refractivity contribution in [1.82, 2.24) is 19.5 Å². The summed E-state index contributed by atoms with van der Waals surface area (Å²) in [7, 11) is -2.31. The van der Waals surface area contributed by atoms with E-state index in [0.717, 1.165) is 0 Å². The SMILES string of the molecule is CCOC[C@H](Cn1cnc2c(N)ncnc21)OCP(=O)(O)OCCCOC. The molecule has 0 amide bonds. The summed E-state index contributed by atoms with van der Waals surface area (Å²) in [6.45, 7) is 3.46. The maximum atomic E-state index is 12.1. The molecule has 0 radical (unpaired) electrons. The Bertz CT molecular complexity index is 757. The first-order valence-electron chi connectivity index (χ1n) is 8.52. The number of aromatic nitrogens is 4. The highest BCUT2D eigenvalue weighted by Crippen LogP contribution is 2.42. The maximum absolute atomic E-state index is 12.1. The molecule has 0 aliphatic rings. The fraction of sp³-hybridized carbons (Fsp3) is 0.667. The molecule has 2 heterocycles. The molecule has 0 aromatic carbocycles. The second kappa shape index (κ2) is 10.6. The van der Waals surface area contributed by atoms with E-state index in [2.05, 4.69) is 15.0 Å². The minimum Gasteiger partial charge on any atom is -0.385 e. The van der Waals surface area contributed by atoms with Gasteiger partial charge in [0.1, 0.15) is 18.2 Å². The quantitative estimate of drug-likeness (QED) is 0.367. The van der Waals surface area contributed by atoms with Crippen LogP contribution in [0.1, 0.15) is 13.3 Å². The molecule has 1 unspecified atom stereocenters. The van der Waals surface area contributed by atoms with Crippen molar-refractivity contribution in [3.8, 4) is 0 Å². The minimum absolute atomic E-state index is 0.115. The molecule has 27 heavy (non-hydrogen) atoms. The number of nitrogens with two attached hydrogens (primary N) is 1.